The van der Waals surface area contributed by atoms with Crippen molar-refractivity contribution in [2.75, 3.05) is 5.88 Å². The van der Waals surface area contributed by atoms with Crippen LogP contribution in [-0.4, -0.2) is 11.9 Å². The van der Waals surface area contributed by atoms with E-state index in [9.17, 15) is 0 Å². The summed E-state index contributed by atoms with van der Waals surface area (Å²) in [5.74, 6) is 0.556. The fraction of sp³-hybridized carbons (Fsp3) is 1.00. The van der Waals surface area contributed by atoms with E-state index in [2.05, 4.69) is 0 Å². The van der Waals surface area contributed by atoms with E-state index in [4.69, 9.17) is 17.3 Å². The molecule has 1 atom stereocenters. The van der Waals surface area contributed by atoms with Crippen molar-refractivity contribution in [1.82, 2.24) is 0 Å². The van der Waals surface area contributed by atoms with Gasteiger partial charge in [0.25, 0.3) is 0 Å². The normalized spacial score (nSPS) is 15.0. The Hall–Kier alpha value is 0.250. The quantitative estimate of drug-likeness (QED) is 0.472. The zero-order valence-corrected chi connectivity index (χ0v) is 4.00. The second kappa shape index (κ2) is 2.49. The Morgan fingerprint density at radius 2 is 2.20 bits per heavy atom. The smallest absolute Gasteiger partial charge is 0.0372 e. The molecular weight excluding hydrogens is 85.5 g/mol. The van der Waals surface area contributed by atoms with Crippen LogP contribution in [0.15, 0.2) is 0 Å². The molecule has 1 unspecified atom stereocenters. The van der Waals surface area contributed by atoms with E-state index in [0.29, 0.717) is 5.88 Å². The number of halogens is 1. The van der Waals surface area contributed by atoms with Crippen LogP contribution in [0.4, 0.5) is 0 Å². The standard InChI is InChI=1S/C3H8ClN/c1-3(5)2-4/h3H,2,5H2,1H3. The molecule has 2 N–H and O–H groups in total. The maximum absolute atomic E-state index is 5.21. The van der Waals surface area contributed by atoms with E-state index in [-0.39, 0.29) is 6.04 Å². The molecule has 5 heavy (non-hydrogen) atoms. The van der Waals surface area contributed by atoms with Crippen LogP contribution in [0.3, 0.4) is 0 Å². The Balaban J connectivity index is 2.54. The molecule has 0 fully saturated rings. The van der Waals surface area contributed by atoms with Crippen molar-refractivity contribution in [1.29, 1.82) is 0 Å². The van der Waals surface area contributed by atoms with E-state index in [1.165, 1.54) is 0 Å². The molecule has 0 radical (unpaired) electrons. The van der Waals surface area contributed by atoms with Gasteiger partial charge in [-0.3, -0.25) is 0 Å². The monoisotopic (exact) mass is 93.0 g/mol. The van der Waals surface area contributed by atoms with Gasteiger partial charge < -0.3 is 5.73 Å². The third kappa shape index (κ3) is 4.25. The summed E-state index contributed by atoms with van der Waals surface area (Å²) in [7, 11) is 0. The Labute approximate surface area is 37.1 Å². The molecule has 0 aliphatic carbocycles. The average molecular weight is 93.6 g/mol. The zero-order valence-electron chi connectivity index (χ0n) is 3.24. The van der Waals surface area contributed by atoms with Crippen molar-refractivity contribution < 1.29 is 0 Å². The van der Waals surface area contributed by atoms with E-state index < -0.39 is 0 Å². The summed E-state index contributed by atoms with van der Waals surface area (Å²) in [6.45, 7) is 1.87. The van der Waals surface area contributed by atoms with Gasteiger partial charge in [-0.05, 0) is 6.92 Å². The van der Waals surface area contributed by atoms with Gasteiger partial charge in [0.05, 0.1) is 0 Å². The van der Waals surface area contributed by atoms with E-state index in [0.717, 1.165) is 0 Å². The van der Waals surface area contributed by atoms with Crippen LogP contribution in [0.1, 0.15) is 6.92 Å². The Morgan fingerprint density at radius 1 is 2.00 bits per heavy atom. The fourth-order valence-corrected chi connectivity index (χ4v) is 0. The van der Waals surface area contributed by atoms with Crippen molar-refractivity contribution in [3.8, 4) is 0 Å². The lowest BCUT2D eigenvalue weighted by molar-refractivity contribution is 0.842. The number of alkyl halides is 1. The molecule has 0 amide bonds. The summed E-state index contributed by atoms with van der Waals surface area (Å²) < 4.78 is 0. The number of rotatable bonds is 1. The topological polar surface area (TPSA) is 26.0 Å². The van der Waals surface area contributed by atoms with Gasteiger partial charge >= 0.3 is 0 Å². The first-order valence-electron chi connectivity index (χ1n) is 1.59. The molecule has 0 heterocycles. The highest BCUT2D eigenvalue weighted by Crippen LogP contribution is 1.76. The van der Waals surface area contributed by atoms with Crippen LogP contribution >= 0.6 is 11.6 Å². The summed E-state index contributed by atoms with van der Waals surface area (Å²) in [6, 6.07) is 0.150. The molecule has 0 bridgehead atoms. The van der Waals surface area contributed by atoms with Crippen LogP contribution in [0.5, 0.6) is 0 Å². The van der Waals surface area contributed by atoms with Crippen LogP contribution < -0.4 is 5.73 Å². The third-order valence-electron chi connectivity index (χ3n) is 0.243. The maximum atomic E-state index is 5.21. The van der Waals surface area contributed by atoms with Crippen molar-refractivity contribution in [3.63, 3.8) is 0 Å². The second-order valence-electron chi connectivity index (χ2n) is 1.13. The highest BCUT2D eigenvalue weighted by molar-refractivity contribution is 6.18. The molecule has 2 heteroatoms. The first-order chi connectivity index (χ1) is 2.27. The van der Waals surface area contributed by atoms with Crippen molar-refractivity contribution in [3.05, 3.63) is 0 Å². The molecule has 0 aromatic carbocycles. The van der Waals surface area contributed by atoms with E-state index in [1.54, 1.807) is 0 Å². The maximum Gasteiger partial charge on any atom is 0.0372 e. The molecule has 0 saturated heterocycles. The van der Waals surface area contributed by atoms with Crippen molar-refractivity contribution in [2.24, 2.45) is 5.73 Å². The molecule has 1 nitrogen and oxygen atoms in total. The van der Waals surface area contributed by atoms with Crippen LogP contribution in [0, 0.1) is 0 Å². The highest BCUT2D eigenvalue weighted by atomic mass is 35.5. The highest BCUT2D eigenvalue weighted by Gasteiger charge is 1.81. The number of nitrogens with two attached hydrogens (primary N) is 1. The molecule has 32 valence electrons. The van der Waals surface area contributed by atoms with Crippen molar-refractivity contribution >= 4 is 11.6 Å². The SMILES string of the molecule is CC(N)CCl. The van der Waals surface area contributed by atoms with Crippen molar-refractivity contribution in [2.45, 2.75) is 13.0 Å². The average Bonchev–Trinajstić information content (AvgIpc) is 1.38. The molecule has 0 saturated carbocycles. The van der Waals surface area contributed by atoms with Gasteiger partial charge in [-0.2, -0.15) is 0 Å². The molecule has 0 spiro atoms. The largest absolute Gasteiger partial charge is 0.327 e. The summed E-state index contributed by atoms with van der Waals surface area (Å²) >= 11 is 5.21. The van der Waals surface area contributed by atoms with Gasteiger partial charge in [-0.1, -0.05) is 0 Å². The Kier molecular flexibility index (Phi) is 2.61. The van der Waals surface area contributed by atoms with Crippen LogP contribution in [0.25, 0.3) is 0 Å². The minimum Gasteiger partial charge on any atom is -0.327 e. The molecular formula is C3H8ClN. The van der Waals surface area contributed by atoms with E-state index >= 15 is 0 Å². The number of hydrogen-bond acceptors (Lipinski definition) is 1. The van der Waals surface area contributed by atoms with Gasteiger partial charge in [0.15, 0.2) is 0 Å². The minimum absolute atomic E-state index is 0.150. The van der Waals surface area contributed by atoms with Gasteiger partial charge in [0.2, 0.25) is 0 Å². The van der Waals surface area contributed by atoms with Crippen LogP contribution in [0.2, 0.25) is 0 Å². The summed E-state index contributed by atoms with van der Waals surface area (Å²) in [5, 5.41) is 0. The zero-order chi connectivity index (χ0) is 4.28. The lowest BCUT2D eigenvalue weighted by atomic mass is 10.4. The summed E-state index contributed by atoms with van der Waals surface area (Å²) in [6.07, 6.45) is 0. The predicted molar refractivity (Wildman–Crippen MR) is 24.4 cm³/mol. The van der Waals surface area contributed by atoms with Gasteiger partial charge in [0, 0.05) is 11.9 Å². The first kappa shape index (κ1) is 5.25. The Bertz CT molecular complexity index is 20.9. The van der Waals surface area contributed by atoms with Gasteiger partial charge in [-0.25, -0.2) is 0 Å². The molecule has 0 aliphatic rings. The molecule has 0 aromatic rings. The van der Waals surface area contributed by atoms with E-state index in [1.807, 2.05) is 6.92 Å². The van der Waals surface area contributed by atoms with Crippen LogP contribution in [-0.2, 0) is 0 Å². The first-order valence-corrected chi connectivity index (χ1v) is 2.12. The minimum atomic E-state index is 0.150. The lowest BCUT2D eigenvalue weighted by Crippen LogP contribution is -2.15. The second-order valence-corrected chi connectivity index (χ2v) is 1.44. The predicted octanol–water partition coefficient (Wildman–Crippen LogP) is 0.572. The summed E-state index contributed by atoms with van der Waals surface area (Å²) in [4.78, 5) is 0. The third-order valence-corrected chi connectivity index (χ3v) is 0.730. The van der Waals surface area contributed by atoms with Gasteiger partial charge in [-0.15, -0.1) is 11.6 Å². The van der Waals surface area contributed by atoms with Gasteiger partial charge in [0.1, 0.15) is 0 Å². The summed E-state index contributed by atoms with van der Waals surface area (Å²) in [5.41, 5.74) is 5.16. The molecule has 0 aromatic heterocycles. The Morgan fingerprint density at radius 3 is 2.20 bits per heavy atom. The molecule has 0 rings (SSSR count). The molecule has 0 aliphatic heterocycles. The number of hydrogen-bond donors (Lipinski definition) is 1. The lowest BCUT2D eigenvalue weighted by Gasteiger charge is -1.89. The fourth-order valence-electron chi connectivity index (χ4n) is 0.